The molecule has 2 aromatic carbocycles. The van der Waals surface area contributed by atoms with E-state index < -0.39 is 7.12 Å². The van der Waals surface area contributed by atoms with Gasteiger partial charge in [0.2, 0.25) is 0 Å². The first-order valence-corrected chi connectivity index (χ1v) is 11.1. The number of benzene rings is 2. The summed E-state index contributed by atoms with van der Waals surface area (Å²) in [4.78, 5) is 18.0. The molecule has 0 radical (unpaired) electrons. The van der Waals surface area contributed by atoms with Crippen molar-refractivity contribution < 1.29 is 14.8 Å². The van der Waals surface area contributed by atoms with E-state index in [1.807, 2.05) is 25.8 Å². The van der Waals surface area contributed by atoms with Gasteiger partial charge in [-0.3, -0.25) is 4.79 Å². The lowest BCUT2D eigenvalue weighted by atomic mass is 9.80. The summed E-state index contributed by atoms with van der Waals surface area (Å²) in [7, 11) is 0.437. The zero-order valence-corrected chi connectivity index (χ0v) is 18.6. The SMILES string of the molecule is CC.CNCc1cccc(C2CCN(C(=O)c3cc4cc(B(O)O)ccc4[nH]3)CC2)c1. The molecule has 0 spiro atoms. The van der Waals surface area contributed by atoms with Crippen LogP contribution in [-0.2, 0) is 6.54 Å². The van der Waals surface area contributed by atoms with Gasteiger partial charge in [-0.2, -0.15) is 0 Å². The molecule has 1 aromatic heterocycles. The molecule has 0 atom stereocenters. The number of rotatable bonds is 5. The third-order valence-corrected chi connectivity index (χ3v) is 5.76. The van der Waals surface area contributed by atoms with Crippen LogP contribution in [0.5, 0.6) is 0 Å². The third kappa shape index (κ3) is 5.36. The van der Waals surface area contributed by atoms with E-state index in [2.05, 4.69) is 34.6 Å². The molecule has 31 heavy (non-hydrogen) atoms. The van der Waals surface area contributed by atoms with Gasteiger partial charge in [0.25, 0.3) is 5.91 Å². The maximum Gasteiger partial charge on any atom is 0.488 e. The molecule has 1 aliphatic heterocycles. The molecule has 0 unspecified atom stereocenters. The van der Waals surface area contributed by atoms with E-state index in [0.717, 1.165) is 43.4 Å². The average molecular weight is 421 g/mol. The van der Waals surface area contributed by atoms with Crippen molar-refractivity contribution in [1.29, 1.82) is 0 Å². The fourth-order valence-corrected chi connectivity index (χ4v) is 4.17. The molecule has 3 aromatic rings. The molecule has 1 saturated heterocycles. The topological polar surface area (TPSA) is 88.6 Å². The van der Waals surface area contributed by atoms with E-state index in [1.54, 1.807) is 24.3 Å². The molecule has 1 amide bonds. The molecular weight excluding hydrogens is 389 g/mol. The van der Waals surface area contributed by atoms with Crippen LogP contribution in [0.15, 0.2) is 48.5 Å². The Balaban J connectivity index is 0.00000132. The number of H-pyrrole nitrogens is 1. The zero-order valence-electron chi connectivity index (χ0n) is 18.6. The van der Waals surface area contributed by atoms with Crippen molar-refractivity contribution in [2.75, 3.05) is 20.1 Å². The number of carbonyl (C=O) groups excluding carboxylic acids is 1. The van der Waals surface area contributed by atoms with Crippen LogP contribution in [0.4, 0.5) is 0 Å². The predicted molar refractivity (Wildman–Crippen MR) is 127 cm³/mol. The number of nitrogens with zero attached hydrogens (tertiary/aromatic N) is 1. The summed E-state index contributed by atoms with van der Waals surface area (Å²) in [6.45, 7) is 6.33. The Morgan fingerprint density at radius 2 is 1.87 bits per heavy atom. The summed E-state index contributed by atoms with van der Waals surface area (Å²) in [6.07, 6.45) is 1.91. The highest BCUT2D eigenvalue weighted by molar-refractivity contribution is 6.58. The minimum atomic E-state index is -1.51. The monoisotopic (exact) mass is 421 g/mol. The van der Waals surface area contributed by atoms with E-state index in [-0.39, 0.29) is 5.91 Å². The molecule has 1 fully saturated rings. The molecule has 7 heteroatoms. The van der Waals surface area contributed by atoms with Gasteiger partial charge in [-0.15, -0.1) is 0 Å². The molecule has 0 saturated carbocycles. The van der Waals surface area contributed by atoms with Crippen molar-refractivity contribution in [3.05, 3.63) is 65.4 Å². The predicted octanol–water partition coefficient (Wildman–Crippen LogP) is 2.61. The highest BCUT2D eigenvalue weighted by atomic mass is 16.4. The third-order valence-electron chi connectivity index (χ3n) is 5.76. The van der Waals surface area contributed by atoms with Crippen LogP contribution < -0.4 is 10.8 Å². The Bertz CT molecular complexity index is 1010. The average Bonchev–Trinajstić information content (AvgIpc) is 3.24. The number of aromatic amines is 1. The van der Waals surface area contributed by atoms with Crippen molar-refractivity contribution in [3.63, 3.8) is 0 Å². The van der Waals surface area contributed by atoms with Crippen molar-refractivity contribution in [2.45, 2.75) is 39.2 Å². The van der Waals surface area contributed by atoms with E-state index in [9.17, 15) is 14.8 Å². The summed E-state index contributed by atoms with van der Waals surface area (Å²) in [5.74, 6) is 0.474. The minimum Gasteiger partial charge on any atom is -0.423 e. The van der Waals surface area contributed by atoms with Crippen LogP contribution in [0.1, 0.15) is 54.2 Å². The Hall–Kier alpha value is -2.61. The maximum absolute atomic E-state index is 13.0. The molecule has 2 heterocycles. The normalized spacial score (nSPS) is 14.3. The number of nitrogens with one attached hydrogen (secondary N) is 2. The number of piperidine rings is 1. The smallest absolute Gasteiger partial charge is 0.423 e. The Morgan fingerprint density at radius 3 is 2.55 bits per heavy atom. The van der Waals surface area contributed by atoms with E-state index >= 15 is 0 Å². The molecular formula is C24H32BN3O3. The highest BCUT2D eigenvalue weighted by Crippen LogP contribution is 2.29. The van der Waals surface area contributed by atoms with Crippen molar-refractivity contribution in [1.82, 2.24) is 15.2 Å². The fourth-order valence-electron chi connectivity index (χ4n) is 4.17. The number of aromatic nitrogens is 1. The summed E-state index contributed by atoms with van der Waals surface area (Å²) in [5, 5.41) is 22.7. The molecule has 164 valence electrons. The number of likely N-dealkylation sites (tertiary alicyclic amines) is 1. The molecule has 6 nitrogen and oxygen atoms in total. The zero-order chi connectivity index (χ0) is 22.4. The summed E-state index contributed by atoms with van der Waals surface area (Å²) >= 11 is 0. The molecule has 0 aliphatic carbocycles. The van der Waals surface area contributed by atoms with Gasteiger partial charge in [-0.1, -0.05) is 50.2 Å². The second-order valence-electron chi connectivity index (χ2n) is 7.75. The first-order chi connectivity index (χ1) is 15.0. The fraction of sp³-hybridized carbons (Fsp3) is 0.375. The Kier molecular flexibility index (Phi) is 7.90. The van der Waals surface area contributed by atoms with Crippen LogP contribution in [0, 0.1) is 0 Å². The molecule has 1 aliphatic rings. The van der Waals surface area contributed by atoms with Crippen molar-refractivity contribution in [2.24, 2.45) is 0 Å². The first-order valence-electron chi connectivity index (χ1n) is 11.1. The molecule has 4 rings (SSSR count). The lowest BCUT2D eigenvalue weighted by molar-refractivity contribution is 0.0708. The highest BCUT2D eigenvalue weighted by Gasteiger charge is 2.25. The number of amides is 1. The van der Waals surface area contributed by atoms with E-state index in [4.69, 9.17) is 0 Å². The molecule has 4 N–H and O–H groups in total. The second kappa shape index (κ2) is 10.6. The van der Waals surface area contributed by atoms with Gasteiger partial charge in [0.05, 0.1) is 0 Å². The van der Waals surface area contributed by atoms with Crippen molar-refractivity contribution >= 4 is 29.4 Å². The van der Waals surface area contributed by atoms with Gasteiger partial charge >= 0.3 is 7.12 Å². The lowest BCUT2D eigenvalue weighted by Gasteiger charge is -2.32. The Morgan fingerprint density at radius 1 is 1.13 bits per heavy atom. The molecule has 0 bridgehead atoms. The van der Waals surface area contributed by atoms with E-state index in [0.29, 0.717) is 17.1 Å². The van der Waals surface area contributed by atoms with Gasteiger partial charge in [0.15, 0.2) is 0 Å². The standard InChI is InChI=1S/C22H26BN3O3.C2H6/c1-24-14-15-3-2-4-17(11-15)16-7-9-26(10-8-16)22(27)21-13-18-12-19(23(28)29)5-6-20(18)25-21;1-2/h2-6,11-13,16,24-25,28-29H,7-10,14H2,1H3;1-2H3. The van der Waals surface area contributed by atoms with Crippen LogP contribution in [-0.4, -0.2) is 53.1 Å². The van der Waals surface area contributed by atoms with Crippen molar-refractivity contribution in [3.8, 4) is 0 Å². The Labute approximate surface area is 184 Å². The van der Waals surface area contributed by atoms with E-state index in [1.165, 1.54) is 11.1 Å². The number of fused-ring (bicyclic) bond motifs is 1. The van der Waals surface area contributed by atoms with Gasteiger partial charge in [0, 0.05) is 25.2 Å². The van der Waals surface area contributed by atoms with Gasteiger partial charge in [-0.05, 0) is 59.9 Å². The van der Waals surface area contributed by atoms with Crippen LogP contribution >= 0.6 is 0 Å². The van der Waals surface area contributed by atoms with Gasteiger partial charge < -0.3 is 25.2 Å². The summed E-state index contributed by atoms with van der Waals surface area (Å²) in [6, 6.07) is 15.6. The van der Waals surface area contributed by atoms with Gasteiger partial charge in [-0.25, -0.2) is 0 Å². The van der Waals surface area contributed by atoms with Crippen LogP contribution in [0.2, 0.25) is 0 Å². The first kappa shape index (κ1) is 23.1. The lowest BCUT2D eigenvalue weighted by Crippen LogP contribution is -2.38. The quantitative estimate of drug-likeness (QED) is 0.477. The summed E-state index contributed by atoms with van der Waals surface area (Å²) < 4.78 is 0. The second-order valence-corrected chi connectivity index (χ2v) is 7.75. The number of hydrogen-bond donors (Lipinski definition) is 4. The maximum atomic E-state index is 13.0. The number of carbonyl (C=O) groups is 1. The van der Waals surface area contributed by atoms with Gasteiger partial charge in [0.1, 0.15) is 5.69 Å². The largest absolute Gasteiger partial charge is 0.488 e. The summed E-state index contributed by atoms with van der Waals surface area (Å²) in [5.41, 5.74) is 4.41. The van der Waals surface area contributed by atoms with Crippen LogP contribution in [0.25, 0.3) is 10.9 Å². The minimum absolute atomic E-state index is 0.00493. The van der Waals surface area contributed by atoms with Crippen LogP contribution in [0.3, 0.4) is 0 Å². The number of hydrogen-bond acceptors (Lipinski definition) is 4.